The van der Waals surface area contributed by atoms with Crippen molar-refractivity contribution in [1.82, 2.24) is 10.2 Å². The molecule has 1 N–H and O–H groups in total. The molecule has 0 saturated heterocycles. The van der Waals surface area contributed by atoms with E-state index in [1.54, 1.807) is 0 Å². The lowest BCUT2D eigenvalue weighted by atomic mass is 10.2. The van der Waals surface area contributed by atoms with Crippen LogP contribution in [0.25, 0.3) is 0 Å². The average molecular weight is 384 g/mol. The highest BCUT2D eigenvalue weighted by Gasteiger charge is 2.01. The topological polar surface area (TPSA) is 28.4 Å². The molecule has 4 heteroatoms. The van der Waals surface area contributed by atoms with Crippen LogP contribution in [0.15, 0.2) is 46.9 Å². The lowest BCUT2D eigenvalue weighted by Crippen LogP contribution is -2.23. The Morgan fingerprint density at radius 2 is 1.95 bits per heavy atom. The third kappa shape index (κ3) is 5.64. The molecule has 0 radical (unpaired) electrons. The molecule has 1 aromatic heterocycles. The van der Waals surface area contributed by atoms with Gasteiger partial charge in [0.15, 0.2) is 3.77 Å². The van der Waals surface area contributed by atoms with Gasteiger partial charge in [0.25, 0.3) is 0 Å². The molecule has 0 atom stereocenters. The molecule has 0 saturated carbocycles. The first-order valence-electron chi connectivity index (χ1n) is 6.91. The van der Waals surface area contributed by atoms with Crippen LogP contribution in [0.5, 0.6) is 0 Å². The molecule has 0 amide bonds. The lowest BCUT2D eigenvalue weighted by molar-refractivity contribution is 0.318. The van der Waals surface area contributed by atoms with E-state index in [1.165, 1.54) is 5.56 Å². The van der Waals surface area contributed by atoms with Crippen LogP contribution in [0.3, 0.4) is 0 Å². The van der Waals surface area contributed by atoms with Crippen LogP contribution < -0.4 is 5.32 Å². The standard InChI is InChI=1S/C16H21IN2O/c1-19(13-14-6-3-2-4-7-14)11-5-10-18-12-15-8-9-16(17)20-15/h2-4,6-9,18H,5,10-13H2,1H3. The molecule has 0 aliphatic rings. The first kappa shape index (κ1) is 15.5. The number of halogens is 1. The normalized spacial score (nSPS) is 11.2. The molecule has 2 rings (SSSR count). The number of hydrogen-bond acceptors (Lipinski definition) is 3. The molecule has 0 spiro atoms. The Morgan fingerprint density at radius 3 is 2.65 bits per heavy atom. The van der Waals surface area contributed by atoms with Crippen LogP contribution in [0.4, 0.5) is 0 Å². The van der Waals surface area contributed by atoms with Gasteiger partial charge in [0.1, 0.15) is 5.76 Å². The fraction of sp³-hybridized carbons (Fsp3) is 0.375. The second kappa shape index (κ2) is 8.44. The van der Waals surface area contributed by atoms with Crippen molar-refractivity contribution in [2.45, 2.75) is 19.5 Å². The van der Waals surface area contributed by atoms with Crippen LogP contribution in [0.2, 0.25) is 0 Å². The summed E-state index contributed by atoms with van der Waals surface area (Å²) in [4.78, 5) is 2.35. The van der Waals surface area contributed by atoms with Gasteiger partial charge in [0.2, 0.25) is 0 Å². The first-order valence-corrected chi connectivity index (χ1v) is 7.99. The van der Waals surface area contributed by atoms with Crippen molar-refractivity contribution in [3.05, 3.63) is 57.6 Å². The third-order valence-electron chi connectivity index (χ3n) is 3.12. The van der Waals surface area contributed by atoms with Crippen molar-refractivity contribution < 1.29 is 4.42 Å². The summed E-state index contributed by atoms with van der Waals surface area (Å²) >= 11 is 2.19. The van der Waals surface area contributed by atoms with E-state index < -0.39 is 0 Å². The highest BCUT2D eigenvalue weighted by Crippen LogP contribution is 2.09. The van der Waals surface area contributed by atoms with Crippen molar-refractivity contribution in [2.75, 3.05) is 20.1 Å². The highest BCUT2D eigenvalue weighted by atomic mass is 127. The Hall–Kier alpha value is -0.850. The van der Waals surface area contributed by atoms with Crippen LogP contribution in [0, 0.1) is 3.77 Å². The summed E-state index contributed by atoms with van der Waals surface area (Å²) in [6, 6.07) is 14.6. The van der Waals surface area contributed by atoms with E-state index in [4.69, 9.17) is 4.42 Å². The predicted molar refractivity (Wildman–Crippen MR) is 90.5 cm³/mol. The Kier molecular flexibility index (Phi) is 6.56. The molecular formula is C16H21IN2O. The van der Waals surface area contributed by atoms with E-state index in [-0.39, 0.29) is 0 Å². The fourth-order valence-electron chi connectivity index (χ4n) is 2.11. The van der Waals surface area contributed by atoms with Gasteiger partial charge >= 0.3 is 0 Å². The summed E-state index contributed by atoms with van der Waals surface area (Å²) < 4.78 is 6.45. The van der Waals surface area contributed by atoms with Crippen LogP contribution >= 0.6 is 22.6 Å². The van der Waals surface area contributed by atoms with E-state index in [1.807, 2.05) is 12.1 Å². The Bertz CT molecular complexity index is 498. The van der Waals surface area contributed by atoms with E-state index in [9.17, 15) is 0 Å². The van der Waals surface area contributed by atoms with Gasteiger partial charge in [-0.05, 0) is 66.8 Å². The minimum absolute atomic E-state index is 0.811. The second-order valence-corrected chi connectivity index (χ2v) is 6.02. The molecule has 108 valence electrons. The molecule has 0 unspecified atom stereocenters. The molecule has 1 aromatic carbocycles. The lowest BCUT2D eigenvalue weighted by Gasteiger charge is -2.16. The molecular weight excluding hydrogens is 363 g/mol. The van der Waals surface area contributed by atoms with Gasteiger partial charge in [0.05, 0.1) is 6.54 Å². The maximum atomic E-state index is 5.50. The second-order valence-electron chi connectivity index (χ2n) is 4.96. The number of nitrogens with zero attached hydrogens (tertiary/aromatic N) is 1. The molecule has 0 aliphatic carbocycles. The minimum Gasteiger partial charge on any atom is -0.454 e. The van der Waals surface area contributed by atoms with Gasteiger partial charge in [-0.2, -0.15) is 0 Å². The first-order chi connectivity index (χ1) is 9.74. The zero-order chi connectivity index (χ0) is 14.2. The number of rotatable bonds is 8. The van der Waals surface area contributed by atoms with E-state index >= 15 is 0 Å². The molecule has 3 nitrogen and oxygen atoms in total. The Balaban J connectivity index is 1.56. The monoisotopic (exact) mass is 384 g/mol. The average Bonchev–Trinajstić information content (AvgIpc) is 2.85. The van der Waals surface area contributed by atoms with Crippen LogP contribution in [-0.4, -0.2) is 25.0 Å². The summed E-state index contributed by atoms with van der Waals surface area (Å²) in [6.45, 7) is 3.93. The smallest absolute Gasteiger partial charge is 0.164 e. The van der Waals surface area contributed by atoms with Gasteiger partial charge in [-0.15, -0.1) is 0 Å². The molecule has 2 aromatic rings. The van der Waals surface area contributed by atoms with Crippen LogP contribution in [0.1, 0.15) is 17.7 Å². The maximum Gasteiger partial charge on any atom is 0.164 e. The van der Waals surface area contributed by atoms with Crippen molar-refractivity contribution >= 4 is 22.6 Å². The zero-order valence-electron chi connectivity index (χ0n) is 11.8. The molecule has 0 aliphatic heterocycles. The van der Waals surface area contributed by atoms with Crippen molar-refractivity contribution in [3.63, 3.8) is 0 Å². The van der Waals surface area contributed by atoms with Gasteiger partial charge in [-0.25, -0.2) is 0 Å². The minimum atomic E-state index is 0.811. The SMILES string of the molecule is CN(CCCNCc1ccc(I)o1)Cc1ccccc1. The van der Waals surface area contributed by atoms with Crippen molar-refractivity contribution in [2.24, 2.45) is 0 Å². The third-order valence-corrected chi connectivity index (χ3v) is 3.70. The summed E-state index contributed by atoms with van der Waals surface area (Å²) in [5.41, 5.74) is 1.37. The number of hydrogen-bond donors (Lipinski definition) is 1. The molecule has 0 bridgehead atoms. The van der Waals surface area contributed by atoms with Gasteiger partial charge in [0, 0.05) is 6.54 Å². The summed E-state index contributed by atoms with van der Waals surface area (Å²) in [7, 11) is 2.17. The molecule has 1 heterocycles. The number of benzene rings is 1. The Labute approximate surface area is 134 Å². The van der Waals surface area contributed by atoms with Crippen molar-refractivity contribution in [3.8, 4) is 0 Å². The Morgan fingerprint density at radius 1 is 1.15 bits per heavy atom. The highest BCUT2D eigenvalue weighted by molar-refractivity contribution is 14.1. The molecule has 0 fully saturated rings. The van der Waals surface area contributed by atoms with Gasteiger partial charge in [-0.1, -0.05) is 30.3 Å². The van der Waals surface area contributed by atoms with Crippen LogP contribution in [-0.2, 0) is 13.1 Å². The number of nitrogens with one attached hydrogen (secondary N) is 1. The van der Waals surface area contributed by atoms with E-state index in [0.717, 1.165) is 42.1 Å². The van der Waals surface area contributed by atoms with Crippen molar-refractivity contribution in [1.29, 1.82) is 0 Å². The van der Waals surface area contributed by atoms with E-state index in [0.29, 0.717) is 0 Å². The predicted octanol–water partition coefficient (Wildman–Crippen LogP) is 3.50. The van der Waals surface area contributed by atoms with Gasteiger partial charge < -0.3 is 14.6 Å². The van der Waals surface area contributed by atoms with Gasteiger partial charge in [-0.3, -0.25) is 0 Å². The number of furan rings is 1. The summed E-state index contributed by atoms with van der Waals surface area (Å²) in [5.74, 6) is 1.01. The molecule has 20 heavy (non-hydrogen) atoms. The summed E-state index contributed by atoms with van der Waals surface area (Å²) in [6.07, 6.45) is 1.14. The quantitative estimate of drug-likeness (QED) is 0.558. The fourth-order valence-corrected chi connectivity index (χ4v) is 2.57. The van der Waals surface area contributed by atoms with E-state index in [2.05, 4.69) is 70.2 Å². The summed E-state index contributed by atoms with van der Waals surface area (Å²) in [5, 5.41) is 3.41. The maximum absolute atomic E-state index is 5.50. The largest absolute Gasteiger partial charge is 0.454 e. The zero-order valence-corrected chi connectivity index (χ0v) is 14.0.